The van der Waals surface area contributed by atoms with E-state index < -0.39 is 5.91 Å². The van der Waals surface area contributed by atoms with Gasteiger partial charge < -0.3 is 9.64 Å². The van der Waals surface area contributed by atoms with Gasteiger partial charge in [0.2, 0.25) is 10.3 Å². The molecular weight excluding hydrogens is 410 g/mol. The van der Waals surface area contributed by atoms with Crippen molar-refractivity contribution < 1.29 is 9.53 Å². The predicted molar refractivity (Wildman–Crippen MR) is 121 cm³/mol. The summed E-state index contributed by atoms with van der Waals surface area (Å²) in [5.41, 5.74) is 1.81. The maximum absolute atomic E-state index is 12.5. The number of amides is 1. The van der Waals surface area contributed by atoms with E-state index in [9.17, 15) is 10.1 Å². The first-order valence-electron chi connectivity index (χ1n) is 10.00. The summed E-state index contributed by atoms with van der Waals surface area (Å²) in [7, 11) is 0. The average Bonchev–Trinajstić information content (AvgIpc) is 3.49. The Morgan fingerprint density at radius 1 is 1.13 bits per heavy atom. The summed E-state index contributed by atoms with van der Waals surface area (Å²) in [6.07, 6.45) is 3.82. The van der Waals surface area contributed by atoms with Gasteiger partial charge in [0.25, 0.3) is 5.91 Å². The molecule has 8 heteroatoms. The number of carbonyl (C=O) groups excluding carboxylic acids is 1. The molecule has 3 aromatic rings. The van der Waals surface area contributed by atoms with Crippen molar-refractivity contribution >= 4 is 33.6 Å². The van der Waals surface area contributed by atoms with Gasteiger partial charge in [-0.25, -0.2) is 0 Å². The molecule has 0 unspecified atom stereocenters. The highest BCUT2D eigenvalue weighted by molar-refractivity contribution is 7.19. The number of nitrogens with zero attached hydrogens (tertiary/aromatic N) is 4. The van der Waals surface area contributed by atoms with Crippen molar-refractivity contribution in [3.05, 3.63) is 71.3 Å². The Kier molecular flexibility index (Phi) is 6.55. The van der Waals surface area contributed by atoms with Gasteiger partial charge in [-0.05, 0) is 42.2 Å². The Labute approximate surface area is 184 Å². The van der Waals surface area contributed by atoms with E-state index in [1.165, 1.54) is 11.3 Å². The molecule has 0 radical (unpaired) electrons. The average molecular weight is 432 g/mol. The molecule has 0 aliphatic carbocycles. The highest BCUT2D eigenvalue weighted by Crippen LogP contribution is 2.27. The van der Waals surface area contributed by atoms with E-state index in [1.807, 2.05) is 48.5 Å². The summed E-state index contributed by atoms with van der Waals surface area (Å²) in [4.78, 5) is 14.7. The molecule has 1 aliphatic heterocycles. The van der Waals surface area contributed by atoms with Gasteiger partial charge in [-0.1, -0.05) is 53.8 Å². The molecule has 0 bridgehead atoms. The molecule has 0 atom stereocenters. The van der Waals surface area contributed by atoms with Crippen molar-refractivity contribution in [1.82, 2.24) is 10.2 Å². The summed E-state index contributed by atoms with van der Waals surface area (Å²) < 4.78 is 5.77. The van der Waals surface area contributed by atoms with Gasteiger partial charge in [0.1, 0.15) is 24.0 Å². The largest absolute Gasteiger partial charge is 0.489 e. The zero-order valence-corrected chi connectivity index (χ0v) is 17.6. The second-order valence-electron chi connectivity index (χ2n) is 7.05. The quantitative estimate of drug-likeness (QED) is 0.444. The lowest BCUT2D eigenvalue weighted by Gasteiger charge is -2.10. The molecule has 4 rings (SSSR count). The molecule has 156 valence electrons. The molecule has 7 nitrogen and oxygen atoms in total. The number of anilines is 2. The summed E-state index contributed by atoms with van der Waals surface area (Å²) in [5.74, 6) is 0.211. The van der Waals surface area contributed by atoms with E-state index in [1.54, 1.807) is 18.2 Å². The molecule has 2 heterocycles. The van der Waals surface area contributed by atoms with E-state index in [2.05, 4.69) is 20.4 Å². The second-order valence-corrected chi connectivity index (χ2v) is 8.01. The molecule has 2 aromatic carbocycles. The molecule has 1 aliphatic rings. The number of nitrogens with one attached hydrogen (secondary N) is 1. The first-order valence-corrected chi connectivity index (χ1v) is 10.8. The number of benzene rings is 2. The van der Waals surface area contributed by atoms with Crippen molar-refractivity contribution in [1.29, 1.82) is 5.26 Å². The number of aromatic nitrogens is 2. The fraction of sp³-hybridized carbons (Fsp3) is 0.217. The Morgan fingerprint density at radius 3 is 2.58 bits per heavy atom. The molecule has 1 amide bonds. The first kappa shape index (κ1) is 20.6. The minimum atomic E-state index is -0.504. The molecule has 1 N–H and O–H groups in total. The summed E-state index contributed by atoms with van der Waals surface area (Å²) in [5, 5.41) is 21.4. The lowest BCUT2D eigenvalue weighted by molar-refractivity contribution is -0.112. The van der Waals surface area contributed by atoms with Crippen LogP contribution in [0, 0.1) is 11.3 Å². The van der Waals surface area contributed by atoms with Crippen LogP contribution in [0.2, 0.25) is 0 Å². The molecular formula is C23H21N5O2S. The third kappa shape index (κ3) is 5.47. The minimum Gasteiger partial charge on any atom is -0.489 e. The van der Waals surface area contributed by atoms with Gasteiger partial charge in [0.15, 0.2) is 0 Å². The van der Waals surface area contributed by atoms with Crippen LogP contribution in [0.1, 0.15) is 24.0 Å². The highest BCUT2D eigenvalue weighted by Gasteiger charge is 2.18. The van der Waals surface area contributed by atoms with Gasteiger partial charge >= 0.3 is 0 Å². The Hall–Kier alpha value is -3.70. The van der Waals surface area contributed by atoms with E-state index >= 15 is 0 Å². The summed E-state index contributed by atoms with van der Waals surface area (Å²) in [6.45, 7) is 2.39. The molecule has 1 saturated heterocycles. The van der Waals surface area contributed by atoms with Crippen LogP contribution in [0.4, 0.5) is 10.3 Å². The van der Waals surface area contributed by atoms with Crippen molar-refractivity contribution in [2.75, 3.05) is 23.3 Å². The van der Waals surface area contributed by atoms with Crippen LogP contribution in [0.3, 0.4) is 0 Å². The van der Waals surface area contributed by atoms with Crippen molar-refractivity contribution in [2.24, 2.45) is 0 Å². The van der Waals surface area contributed by atoms with Gasteiger partial charge in [-0.15, -0.1) is 10.2 Å². The van der Waals surface area contributed by atoms with Crippen molar-refractivity contribution in [2.45, 2.75) is 19.4 Å². The van der Waals surface area contributed by atoms with Gasteiger partial charge in [0, 0.05) is 13.1 Å². The predicted octanol–water partition coefficient (Wildman–Crippen LogP) is 4.26. The standard InChI is InChI=1S/C23H21N5O2S/c24-15-19(21(29)25-22-26-27-23(31-22)28-12-4-5-13-28)14-17-8-10-20(11-9-17)30-16-18-6-2-1-3-7-18/h1-3,6-11,14H,4-5,12-13,16H2,(H,25,26,29)/b19-14-. The number of hydrogen-bond donors (Lipinski definition) is 1. The van der Waals surface area contributed by atoms with Crippen LogP contribution >= 0.6 is 11.3 Å². The number of rotatable bonds is 7. The molecule has 1 aromatic heterocycles. The zero-order chi connectivity index (χ0) is 21.5. The van der Waals surface area contributed by atoms with E-state index in [4.69, 9.17) is 4.74 Å². The SMILES string of the molecule is N#C/C(=C/c1ccc(OCc2ccccc2)cc1)C(=O)Nc1nnc(N2CCCC2)s1. The number of hydrogen-bond acceptors (Lipinski definition) is 7. The first-order chi connectivity index (χ1) is 15.2. The third-order valence-electron chi connectivity index (χ3n) is 4.82. The smallest absolute Gasteiger partial charge is 0.268 e. The van der Waals surface area contributed by atoms with Crippen LogP contribution in [0.25, 0.3) is 6.08 Å². The van der Waals surface area contributed by atoms with Crippen LogP contribution < -0.4 is 15.0 Å². The lowest BCUT2D eigenvalue weighted by Crippen LogP contribution is -2.17. The Bertz CT molecular complexity index is 1100. The van der Waals surface area contributed by atoms with E-state index in [0.717, 1.165) is 42.2 Å². The van der Waals surface area contributed by atoms with Crippen LogP contribution in [0.5, 0.6) is 5.75 Å². The maximum Gasteiger partial charge on any atom is 0.268 e. The zero-order valence-electron chi connectivity index (χ0n) is 16.8. The monoisotopic (exact) mass is 431 g/mol. The van der Waals surface area contributed by atoms with Crippen LogP contribution in [-0.4, -0.2) is 29.2 Å². The topological polar surface area (TPSA) is 91.1 Å². The fourth-order valence-corrected chi connectivity index (χ4v) is 3.97. The summed E-state index contributed by atoms with van der Waals surface area (Å²) >= 11 is 1.32. The van der Waals surface area contributed by atoms with Crippen molar-refractivity contribution in [3.8, 4) is 11.8 Å². The minimum absolute atomic E-state index is 0.00382. The molecule has 0 spiro atoms. The van der Waals surface area contributed by atoms with Crippen LogP contribution in [-0.2, 0) is 11.4 Å². The maximum atomic E-state index is 12.5. The highest BCUT2D eigenvalue weighted by atomic mass is 32.1. The second kappa shape index (κ2) is 9.87. The van der Waals surface area contributed by atoms with Gasteiger partial charge in [-0.3, -0.25) is 10.1 Å². The molecule has 31 heavy (non-hydrogen) atoms. The van der Waals surface area contributed by atoms with Gasteiger partial charge in [0.05, 0.1) is 0 Å². The van der Waals surface area contributed by atoms with Gasteiger partial charge in [-0.2, -0.15) is 5.26 Å². The lowest BCUT2D eigenvalue weighted by atomic mass is 10.1. The van der Waals surface area contributed by atoms with Crippen LogP contribution in [0.15, 0.2) is 60.2 Å². The number of ether oxygens (including phenoxy) is 1. The molecule has 0 saturated carbocycles. The Morgan fingerprint density at radius 2 is 1.87 bits per heavy atom. The van der Waals surface area contributed by atoms with E-state index in [-0.39, 0.29) is 5.57 Å². The van der Waals surface area contributed by atoms with E-state index in [0.29, 0.717) is 17.5 Å². The summed E-state index contributed by atoms with van der Waals surface area (Å²) in [6, 6.07) is 19.1. The third-order valence-corrected chi connectivity index (χ3v) is 5.72. The Balaban J connectivity index is 1.37. The number of carbonyl (C=O) groups is 1. The normalized spacial score (nSPS) is 13.6. The van der Waals surface area contributed by atoms with Crippen molar-refractivity contribution in [3.63, 3.8) is 0 Å². The molecule has 1 fully saturated rings. The fourth-order valence-electron chi connectivity index (χ4n) is 3.18. The number of nitriles is 1.